The summed E-state index contributed by atoms with van der Waals surface area (Å²) in [5.74, 6) is 0. The van der Waals surface area contributed by atoms with Crippen LogP contribution in [0.25, 0.3) is 0 Å². The van der Waals surface area contributed by atoms with Crippen LogP contribution in [-0.4, -0.2) is 27.4 Å². The monoisotopic (exact) mass is 217 g/mol. The Labute approximate surface area is 88.7 Å². The Morgan fingerprint density at radius 2 is 2.14 bits per heavy atom. The van der Waals surface area contributed by atoms with E-state index in [0.29, 0.717) is 0 Å². The highest BCUT2D eigenvalue weighted by molar-refractivity contribution is 6.62. The first kappa shape index (κ1) is 12.2. The lowest BCUT2D eigenvalue weighted by Crippen LogP contribution is -2.49. The number of ether oxygens (including phenoxy) is 1. The van der Waals surface area contributed by atoms with Gasteiger partial charge in [-0.15, -0.1) is 0 Å². The molecule has 2 unspecified atom stereocenters. The highest BCUT2D eigenvalue weighted by Crippen LogP contribution is 2.35. The predicted molar refractivity (Wildman–Crippen MR) is 60.8 cm³/mol. The number of hydrogen-bond acceptors (Lipinski definition) is 3. The van der Waals surface area contributed by atoms with Crippen LogP contribution < -0.4 is 5.48 Å². The zero-order valence-electron chi connectivity index (χ0n) is 9.64. The van der Waals surface area contributed by atoms with Crippen molar-refractivity contribution in [2.24, 2.45) is 0 Å². The van der Waals surface area contributed by atoms with Gasteiger partial charge < -0.3 is 4.74 Å². The average molecular weight is 217 g/mol. The molecule has 0 amide bonds. The molecule has 0 aromatic rings. The van der Waals surface area contributed by atoms with Gasteiger partial charge >= 0.3 is 0 Å². The van der Waals surface area contributed by atoms with E-state index in [4.69, 9.17) is 9.57 Å². The largest absolute Gasteiger partial charge is 0.353 e. The molecule has 4 heteroatoms. The van der Waals surface area contributed by atoms with Crippen LogP contribution in [0.4, 0.5) is 0 Å². The summed E-state index contributed by atoms with van der Waals surface area (Å²) in [6, 6.07) is 2.63. The van der Waals surface area contributed by atoms with Crippen molar-refractivity contribution in [3.05, 3.63) is 0 Å². The quantitative estimate of drug-likeness (QED) is 0.418. The average Bonchev–Trinajstić information content (AvgIpc) is 2.59. The van der Waals surface area contributed by atoms with Gasteiger partial charge in [0.15, 0.2) is 5.41 Å². The lowest BCUT2D eigenvalue weighted by Gasteiger charge is -2.33. The van der Waals surface area contributed by atoms with Crippen molar-refractivity contribution in [1.29, 1.82) is 0 Å². The Bertz CT molecular complexity index is 168. The molecule has 0 radical (unpaired) electrons. The van der Waals surface area contributed by atoms with Gasteiger partial charge in [-0.3, -0.25) is 4.84 Å². The molecule has 2 atom stereocenters. The van der Waals surface area contributed by atoms with Gasteiger partial charge in [-0.05, 0) is 13.3 Å². The summed E-state index contributed by atoms with van der Waals surface area (Å²) in [5.41, 5.74) is 2.78. The number of hydroxylamine groups is 1. The minimum atomic E-state index is -0.867. The van der Waals surface area contributed by atoms with E-state index >= 15 is 0 Å². The first-order chi connectivity index (χ1) is 6.79. The molecule has 1 N–H and O–H groups in total. The molecule has 1 aliphatic heterocycles. The van der Waals surface area contributed by atoms with Crippen molar-refractivity contribution >= 4 is 8.80 Å². The second-order valence-corrected chi connectivity index (χ2v) is 7.51. The van der Waals surface area contributed by atoms with Crippen LogP contribution in [-0.2, 0) is 9.57 Å². The summed E-state index contributed by atoms with van der Waals surface area (Å²) in [4.78, 5) is 5.77. The van der Waals surface area contributed by atoms with Crippen molar-refractivity contribution in [3.63, 3.8) is 0 Å². The maximum atomic E-state index is 5.87. The lowest BCUT2D eigenvalue weighted by atomic mass is 10.3. The van der Waals surface area contributed by atoms with Crippen LogP contribution in [0.5, 0.6) is 0 Å². The second-order valence-electron chi connectivity index (χ2n) is 3.84. The predicted octanol–water partition coefficient (Wildman–Crippen LogP) is 1.84. The summed E-state index contributed by atoms with van der Waals surface area (Å²) in [6.07, 6.45) is 2.36. The molecule has 0 aromatic carbocycles. The molecule has 14 heavy (non-hydrogen) atoms. The third-order valence-electron chi connectivity index (χ3n) is 2.97. The molecule has 84 valence electrons. The minimum Gasteiger partial charge on any atom is -0.353 e. The third-order valence-corrected chi connectivity index (χ3v) is 6.88. The topological polar surface area (TPSA) is 30.5 Å². The van der Waals surface area contributed by atoms with Gasteiger partial charge in [-0.25, -0.2) is 0 Å². The second kappa shape index (κ2) is 5.85. The Kier molecular flexibility index (Phi) is 5.09. The van der Waals surface area contributed by atoms with Crippen LogP contribution in [0, 0.1) is 0 Å². The number of rotatable bonds is 6. The van der Waals surface area contributed by atoms with E-state index in [1.165, 1.54) is 18.5 Å². The van der Waals surface area contributed by atoms with Crippen LogP contribution in [0.1, 0.15) is 33.6 Å². The van der Waals surface area contributed by atoms with Crippen molar-refractivity contribution in [2.75, 3.05) is 13.2 Å². The molecule has 0 aliphatic carbocycles. The Hall–Kier alpha value is 0.0969. The minimum absolute atomic E-state index is 0.209. The first-order valence-electron chi connectivity index (χ1n) is 5.83. The summed E-state index contributed by atoms with van der Waals surface area (Å²) in [7, 11) is -0.867. The molecule has 0 saturated carbocycles. The van der Waals surface area contributed by atoms with Crippen molar-refractivity contribution < 1.29 is 9.57 Å². The third kappa shape index (κ3) is 2.57. The van der Waals surface area contributed by atoms with Gasteiger partial charge in [0.25, 0.3) is 0 Å². The molecule has 1 heterocycles. The highest BCUT2D eigenvalue weighted by Gasteiger charge is 2.45. The fourth-order valence-electron chi connectivity index (χ4n) is 2.33. The van der Waals surface area contributed by atoms with Gasteiger partial charge in [0.05, 0.1) is 0 Å². The molecule has 0 aromatic heterocycles. The molecule has 0 bridgehead atoms. The molecular formula is C10H23NO2Si. The number of nitrogens with one attached hydrogen (secondary N) is 1. The molecule has 0 spiro atoms. The molecule has 3 nitrogen and oxygen atoms in total. The van der Waals surface area contributed by atoms with E-state index in [1.807, 2.05) is 0 Å². The Morgan fingerprint density at radius 1 is 1.36 bits per heavy atom. The van der Waals surface area contributed by atoms with E-state index in [-0.39, 0.29) is 5.41 Å². The lowest BCUT2D eigenvalue weighted by molar-refractivity contribution is -0.214. The molecule has 1 fully saturated rings. The summed E-state index contributed by atoms with van der Waals surface area (Å²) in [6.45, 7) is 7.98. The molecule has 1 rings (SSSR count). The normalized spacial score (nSPS) is 32.4. The van der Waals surface area contributed by atoms with Crippen molar-refractivity contribution in [2.45, 2.75) is 51.1 Å². The smallest absolute Gasteiger partial charge is 0.167 e. The Morgan fingerprint density at radius 3 is 2.71 bits per heavy atom. The van der Waals surface area contributed by atoms with E-state index in [2.05, 4.69) is 26.3 Å². The fourth-order valence-corrected chi connectivity index (χ4v) is 5.76. The van der Waals surface area contributed by atoms with E-state index in [1.54, 1.807) is 0 Å². The van der Waals surface area contributed by atoms with E-state index in [9.17, 15) is 0 Å². The van der Waals surface area contributed by atoms with E-state index in [0.717, 1.165) is 19.6 Å². The van der Waals surface area contributed by atoms with Gasteiger partial charge in [0.2, 0.25) is 0 Å². The van der Waals surface area contributed by atoms with Crippen LogP contribution >= 0.6 is 0 Å². The van der Waals surface area contributed by atoms with Gasteiger partial charge in [-0.1, -0.05) is 32.4 Å². The zero-order chi connectivity index (χ0) is 10.4. The van der Waals surface area contributed by atoms with Gasteiger partial charge in [0, 0.05) is 13.2 Å². The van der Waals surface area contributed by atoms with Crippen molar-refractivity contribution in [1.82, 2.24) is 5.48 Å². The SMILES string of the molecule is CCNOC1(OCC)CCC[SiH]1CC. The first-order valence-corrected chi connectivity index (χ1v) is 8.04. The van der Waals surface area contributed by atoms with E-state index < -0.39 is 8.80 Å². The summed E-state index contributed by atoms with van der Waals surface area (Å²) >= 11 is 0. The Balaban J connectivity index is 2.58. The highest BCUT2D eigenvalue weighted by atomic mass is 28.3. The number of hydrogen-bond donors (Lipinski definition) is 1. The maximum absolute atomic E-state index is 5.87. The fraction of sp³-hybridized carbons (Fsp3) is 1.00. The van der Waals surface area contributed by atoms with Crippen LogP contribution in [0.3, 0.4) is 0 Å². The summed E-state index contributed by atoms with van der Waals surface area (Å²) in [5, 5.41) is 0. The standard InChI is InChI=1S/C10H23NO2Si/c1-4-11-13-10(12-5-2)8-7-9-14(10)6-3/h11,14H,4-9H2,1-3H3. The van der Waals surface area contributed by atoms with Gasteiger partial charge in [-0.2, -0.15) is 5.48 Å². The maximum Gasteiger partial charge on any atom is 0.167 e. The zero-order valence-corrected chi connectivity index (χ0v) is 10.8. The molecule has 1 aliphatic rings. The summed E-state index contributed by atoms with van der Waals surface area (Å²) < 4.78 is 5.87. The van der Waals surface area contributed by atoms with Crippen LogP contribution in [0.15, 0.2) is 0 Å². The molecule has 1 saturated heterocycles. The molecular weight excluding hydrogens is 194 g/mol. The van der Waals surface area contributed by atoms with Gasteiger partial charge in [0.1, 0.15) is 8.80 Å². The van der Waals surface area contributed by atoms with Crippen LogP contribution in [0.2, 0.25) is 12.1 Å². The van der Waals surface area contributed by atoms with Crippen molar-refractivity contribution in [3.8, 4) is 0 Å².